The Balaban J connectivity index is 1.21. The number of pyridine rings is 1. The molecule has 0 spiro atoms. The minimum atomic E-state index is 0.0476. The summed E-state index contributed by atoms with van der Waals surface area (Å²) in [6, 6.07) is 21.8. The van der Waals surface area contributed by atoms with Crippen LogP contribution in [-0.4, -0.2) is 46.4 Å². The van der Waals surface area contributed by atoms with E-state index in [1.54, 1.807) is 0 Å². The van der Waals surface area contributed by atoms with E-state index in [2.05, 4.69) is 28.9 Å². The zero-order valence-electron chi connectivity index (χ0n) is 18.1. The summed E-state index contributed by atoms with van der Waals surface area (Å²) in [5.74, 6) is 0.721. The molecule has 1 saturated heterocycles. The number of ether oxygens (including phenoxy) is 1. The number of carbonyl (C=O) groups is 1. The number of piperazine rings is 1. The lowest BCUT2D eigenvalue weighted by molar-refractivity contribution is 0.0746. The number of carbonyl (C=O) groups excluding carboxylic acids is 1. The molecule has 2 aromatic heterocycles. The highest BCUT2D eigenvalue weighted by atomic mass is 16.5. The lowest BCUT2D eigenvalue weighted by Crippen LogP contribution is -2.48. The van der Waals surface area contributed by atoms with Crippen LogP contribution in [-0.2, 0) is 6.61 Å². The van der Waals surface area contributed by atoms with Gasteiger partial charge >= 0.3 is 0 Å². The molecular weight excluding hydrogens is 400 g/mol. The highest BCUT2D eigenvalue weighted by Crippen LogP contribution is 2.20. The van der Waals surface area contributed by atoms with Crippen LogP contribution < -0.4 is 9.64 Å². The number of hydrogen-bond acceptors (Lipinski definition) is 4. The minimum absolute atomic E-state index is 0.0476. The van der Waals surface area contributed by atoms with Crippen LogP contribution in [0.15, 0.2) is 79.1 Å². The molecular formula is C26H26N4O2. The predicted octanol–water partition coefficient (Wildman–Crippen LogP) is 4.18. The Morgan fingerprint density at radius 3 is 2.56 bits per heavy atom. The standard InChI is InChI=1S/C26H26N4O2/c1-20-10-11-25-27-22(18-30(25)17-20)19-32-24-9-5-6-21(16-24)26(31)29-14-12-28(13-15-29)23-7-3-2-4-8-23/h2-11,16-18H,12-15,19H2,1H3. The summed E-state index contributed by atoms with van der Waals surface area (Å²) in [6.07, 6.45) is 4.02. The summed E-state index contributed by atoms with van der Waals surface area (Å²) < 4.78 is 7.95. The number of imidazole rings is 1. The van der Waals surface area contributed by atoms with Gasteiger partial charge in [-0.3, -0.25) is 4.79 Å². The number of aryl methyl sites for hydroxylation is 1. The maximum atomic E-state index is 13.1. The zero-order valence-corrected chi connectivity index (χ0v) is 18.1. The molecule has 4 aromatic rings. The van der Waals surface area contributed by atoms with Crippen LogP contribution >= 0.6 is 0 Å². The number of hydrogen-bond donors (Lipinski definition) is 0. The van der Waals surface area contributed by atoms with E-state index in [4.69, 9.17) is 4.74 Å². The minimum Gasteiger partial charge on any atom is -0.487 e. The van der Waals surface area contributed by atoms with E-state index < -0.39 is 0 Å². The average molecular weight is 427 g/mol. The number of rotatable bonds is 5. The van der Waals surface area contributed by atoms with E-state index in [1.165, 1.54) is 11.3 Å². The third-order valence-electron chi connectivity index (χ3n) is 5.80. The van der Waals surface area contributed by atoms with E-state index in [-0.39, 0.29) is 5.91 Å². The molecule has 1 aliphatic rings. The molecule has 0 atom stereocenters. The second-order valence-corrected chi connectivity index (χ2v) is 8.14. The van der Waals surface area contributed by atoms with Gasteiger partial charge in [-0.25, -0.2) is 4.98 Å². The fourth-order valence-electron chi connectivity index (χ4n) is 4.09. The summed E-state index contributed by atoms with van der Waals surface area (Å²) in [6.45, 7) is 5.49. The van der Waals surface area contributed by atoms with Crippen LogP contribution in [0.4, 0.5) is 5.69 Å². The highest BCUT2D eigenvalue weighted by Gasteiger charge is 2.22. The third kappa shape index (κ3) is 4.30. The molecule has 1 amide bonds. The van der Waals surface area contributed by atoms with Gasteiger partial charge in [0.25, 0.3) is 5.91 Å². The normalized spacial score (nSPS) is 14.0. The molecule has 32 heavy (non-hydrogen) atoms. The average Bonchev–Trinajstić information content (AvgIpc) is 3.25. The summed E-state index contributed by atoms with van der Waals surface area (Å²) in [5, 5.41) is 0. The van der Waals surface area contributed by atoms with Gasteiger partial charge in [-0.2, -0.15) is 0 Å². The van der Waals surface area contributed by atoms with Crippen LogP contribution in [0.3, 0.4) is 0 Å². The SMILES string of the molecule is Cc1ccc2nc(COc3cccc(C(=O)N4CCN(c5ccccc5)CC4)c3)cn2c1. The van der Waals surface area contributed by atoms with Gasteiger partial charge in [-0.05, 0) is 48.9 Å². The number of anilines is 1. The Labute approximate surface area is 187 Å². The molecule has 1 fully saturated rings. The number of amides is 1. The Morgan fingerprint density at radius 2 is 1.75 bits per heavy atom. The molecule has 162 valence electrons. The van der Waals surface area contributed by atoms with Gasteiger partial charge in [0, 0.05) is 49.8 Å². The first-order valence-electron chi connectivity index (χ1n) is 10.9. The molecule has 2 aromatic carbocycles. The van der Waals surface area contributed by atoms with Crippen LogP contribution in [0.1, 0.15) is 21.6 Å². The lowest BCUT2D eigenvalue weighted by atomic mass is 10.1. The van der Waals surface area contributed by atoms with Crippen molar-refractivity contribution in [2.75, 3.05) is 31.1 Å². The van der Waals surface area contributed by atoms with Crippen molar-refractivity contribution in [3.05, 3.63) is 95.9 Å². The Bertz CT molecular complexity index is 1230. The van der Waals surface area contributed by atoms with Crippen molar-refractivity contribution < 1.29 is 9.53 Å². The van der Waals surface area contributed by atoms with Gasteiger partial charge < -0.3 is 18.9 Å². The maximum absolute atomic E-state index is 13.1. The van der Waals surface area contributed by atoms with E-state index >= 15 is 0 Å². The van der Waals surface area contributed by atoms with E-state index in [0.29, 0.717) is 31.0 Å². The van der Waals surface area contributed by atoms with Crippen LogP contribution in [0.25, 0.3) is 5.65 Å². The summed E-state index contributed by atoms with van der Waals surface area (Å²) in [7, 11) is 0. The van der Waals surface area contributed by atoms with Gasteiger partial charge in [0.15, 0.2) is 0 Å². The van der Waals surface area contributed by atoms with Crippen molar-refractivity contribution in [2.45, 2.75) is 13.5 Å². The van der Waals surface area contributed by atoms with Crippen LogP contribution in [0.5, 0.6) is 5.75 Å². The Hall–Kier alpha value is -3.80. The molecule has 0 radical (unpaired) electrons. The summed E-state index contributed by atoms with van der Waals surface area (Å²) in [4.78, 5) is 21.9. The number of aromatic nitrogens is 2. The largest absolute Gasteiger partial charge is 0.487 e. The van der Waals surface area contributed by atoms with Crippen LogP contribution in [0.2, 0.25) is 0 Å². The first kappa shape index (κ1) is 20.1. The van der Waals surface area contributed by atoms with Crippen molar-refractivity contribution in [1.82, 2.24) is 14.3 Å². The topological polar surface area (TPSA) is 50.1 Å². The number of nitrogens with zero attached hydrogens (tertiary/aromatic N) is 4. The molecule has 6 nitrogen and oxygen atoms in total. The summed E-state index contributed by atoms with van der Waals surface area (Å²) >= 11 is 0. The van der Waals surface area contributed by atoms with Gasteiger partial charge in [-0.1, -0.05) is 30.3 Å². The molecule has 0 unspecified atom stereocenters. The first-order chi connectivity index (χ1) is 15.7. The monoisotopic (exact) mass is 426 g/mol. The number of benzene rings is 2. The predicted molar refractivity (Wildman–Crippen MR) is 125 cm³/mol. The van der Waals surface area contributed by atoms with E-state index in [0.717, 1.165) is 24.4 Å². The molecule has 0 aliphatic carbocycles. The molecule has 1 aliphatic heterocycles. The first-order valence-corrected chi connectivity index (χ1v) is 10.9. The van der Waals surface area contributed by atoms with Gasteiger partial charge in [0.1, 0.15) is 18.0 Å². The van der Waals surface area contributed by atoms with Crippen molar-refractivity contribution in [3.8, 4) is 5.75 Å². The lowest BCUT2D eigenvalue weighted by Gasteiger charge is -2.36. The molecule has 5 rings (SSSR count). The fraction of sp³-hybridized carbons (Fsp3) is 0.231. The van der Waals surface area contributed by atoms with Gasteiger partial charge in [0.2, 0.25) is 0 Å². The maximum Gasteiger partial charge on any atom is 0.254 e. The van der Waals surface area contributed by atoms with Gasteiger partial charge in [-0.15, -0.1) is 0 Å². The Morgan fingerprint density at radius 1 is 0.938 bits per heavy atom. The highest BCUT2D eigenvalue weighted by molar-refractivity contribution is 5.94. The number of para-hydroxylation sites is 1. The van der Waals surface area contributed by atoms with Crippen molar-refractivity contribution in [1.29, 1.82) is 0 Å². The smallest absolute Gasteiger partial charge is 0.254 e. The van der Waals surface area contributed by atoms with Crippen molar-refractivity contribution >= 4 is 17.2 Å². The zero-order chi connectivity index (χ0) is 21.9. The molecule has 0 N–H and O–H groups in total. The van der Waals surface area contributed by atoms with Crippen LogP contribution in [0, 0.1) is 6.92 Å². The fourth-order valence-corrected chi connectivity index (χ4v) is 4.09. The quantitative estimate of drug-likeness (QED) is 0.480. The Kier molecular flexibility index (Phi) is 5.50. The molecule has 0 bridgehead atoms. The molecule has 0 saturated carbocycles. The van der Waals surface area contributed by atoms with Crippen molar-refractivity contribution in [2.24, 2.45) is 0 Å². The van der Waals surface area contributed by atoms with Crippen molar-refractivity contribution in [3.63, 3.8) is 0 Å². The summed E-state index contributed by atoms with van der Waals surface area (Å²) in [5.41, 5.74) is 4.79. The number of fused-ring (bicyclic) bond motifs is 1. The third-order valence-corrected chi connectivity index (χ3v) is 5.80. The molecule has 3 heterocycles. The second-order valence-electron chi connectivity index (χ2n) is 8.14. The van der Waals surface area contributed by atoms with E-state index in [1.807, 2.05) is 76.3 Å². The van der Waals surface area contributed by atoms with Gasteiger partial charge in [0.05, 0.1) is 5.69 Å². The molecule has 6 heteroatoms. The van der Waals surface area contributed by atoms with E-state index in [9.17, 15) is 4.79 Å². The second kappa shape index (κ2) is 8.75.